The molecule has 1 atom stereocenters. The van der Waals surface area contributed by atoms with Crippen LogP contribution in [0.25, 0.3) is 0 Å². The molecule has 104 valence electrons. The van der Waals surface area contributed by atoms with Gasteiger partial charge in [0.15, 0.2) is 0 Å². The van der Waals surface area contributed by atoms with E-state index in [1.54, 1.807) is 0 Å². The summed E-state index contributed by atoms with van der Waals surface area (Å²) >= 11 is 0. The van der Waals surface area contributed by atoms with E-state index in [1.165, 1.54) is 16.7 Å². The van der Waals surface area contributed by atoms with E-state index in [-0.39, 0.29) is 0 Å². The second-order valence-electron chi connectivity index (χ2n) is 5.44. The molecule has 20 heavy (non-hydrogen) atoms. The Bertz CT molecular complexity index is 594. The van der Waals surface area contributed by atoms with Crippen LogP contribution in [0.5, 0.6) is 0 Å². The molecule has 2 heterocycles. The van der Waals surface area contributed by atoms with Crippen molar-refractivity contribution in [3.63, 3.8) is 0 Å². The first-order valence-electron chi connectivity index (χ1n) is 7.22. The van der Waals surface area contributed by atoms with Crippen LogP contribution in [0.2, 0.25) is 0 Å². The van der Waals surface area contributed by atoms with Gasteiger partial charge < -0.3 is 5.73 Å². The molecule has 1 aliphatic rings. The number of hydrogen-bond acceptors (Lipinski definition) is 3. The number of nitrogens with two attached hydrogens (primary N) is 1. The van der Waals surface area contributed by atoms with Crippen LogP contribution in [-0.2, 0) is 13.0 Å². The topological polar surface area (TPSA) is 42.2 Å². The molecule has 0 fully saturated rings. The van der Waals surface area contributed by atoms with E-state index in [0.717, 1.165) is 25.2 Å². The van der Waals surface area contributed by atoms with Crippen LogP contribution in [-0.4, -0.2) is 23.0 Å². The maximum Gasteiger partial charge on any atom is 0.0573 e. The molecule has 1 unspecified atom stereocenters. The lowest BCUT2D eigenvalue weighted by molar-refractivity contribution is 0.178. The minimum absolute atomic E-state index is 0.307. The fourth-order valence-corrected chi connectivity index (χ4v) is 3.05. The van der Waals surface area contributed by atoms with Gasteiger partial charge >= 0.3 is 0 Å². The Kier molecular flexibility index (Phi) is 3.81. The van der Waals surface area contributed by atoms with E-state index < -0.39 is 0 Å². The van der Waals surface area contributed by atoms with E-state index in [4.69, 9.17) is 5.73 Å². The molecule has 1 aromatic carbocycles. The summed E-state index contributed by atoms with van der Waals surface area (Å²) < 4.78 is 0. The predicted molar refractivity (Wildman–Crippen MR) is 81.3 cm³/mol. The first kappa shape index (κ1) is 13.3. The molecule has 1 aliphatic heterocycles. The normalized spacial score (nSPS) is 18.8. The Morgan fingerprint density at radius 3 is 2.90 bits per heavy atom. The highest BCUT2D eigenvalue weighted by atomic mass is 15.2. The van der Waals surface area contributed by atoms with Crippen molar-refractivity contribution in [2.24, 2.45) is 5.73 Å². The third-order valence-electron chi connectivity index (χ3n) is 4.22. The van der Waals surface area contributed by atoms with E-state index >= 15 is 0 Å². The highest BCUT2D eigenvalue weighted by Gasteiger charge is 2.26. The summed E-state index contributed by atoms with van der Waals surface area (Å²) in [4.78, 5) is 6.97. The summed E-state index contributed by atoms with van der Waals surface area (Å²) in [5.74, 6) is 0. The van der Waals surface area contributed by atoms with Gasteiger partial charge in [-0.1, -0.05) is 30.3 Å². The zero-order chi connectivity index (χ0) is 13.9. The zero-order valence-electron chi connectivity index (χ0n) is 11.9. The third-order valence-corrected chi connectivity index (χ3v) is 4.22. The van der Waals surface area contributed by atoms with Crippen LogP contribution < -0.4 is 5.73 Å². The SMILES string of the molecule is Cc1cccnc1CN1CCc2ccccc2C1CN. The largest absolute Gasteiger partial charge is 0.329 e. The molecule has 2 aromatic rings. The van der Waals surface area contributed by atoms with Gasteiger partial charge in [-0.05, 0) is 36.1 Å². The molecule has 0 bridgehead atoms. The first-order valence-corrected chi connectivity index (χ1v) is 7.22. The second kappa shape index (κ2) is 5.73. The van der Waals surface area contributed by atoms with Crippen molar-refractivity contribution >= 4 is 0 Å². The van der Waals surface area contributed by atoms with Crippen molar-refractivity contribution in [1.29, 1.82) is 0 Å². The van der Waals surface area contributed by atoms with Gasteiger partial charge in [0.2, 0.25) is 0 Å². The number of benzene rings is 1. The minimum Gasteiger partial charge on any atom is -0.329 e. The Morgan fingerprint density at radius 1 is 1.25 bits per heavy atom. The van der Waals surface area contributed by atoms with Gasteiger partial charge in [0, 0.05) is 31.9 Å². The fourth-order valence-electron chi connectivity index (χ4n) is 3.05. The number of aromatic nitrogens is 1. The van der Waals surface area contributed by atoms with Crippen molar-refractivity contribution in [1.82, 2.24) is 9.88 Å². The minimum atomic E-state index is 0.307. The second-order valence-corrected chi connectivity index (χ2v) is 5.44. The van der Waals surface area contributed by atoms with Crippen molar-refractivity contribution < 1.29 is 0 Å². The number of aryl methyl sites for hydroxylation is 1. The van der Waals surface area contributed by atoms with Gasteiger partial charge in [-0.2, -0.15) is 0 Å². The Labute approximate surface area is 120 Å². The molecular weight excluding hydrogens is 246 g/mol. The van der Waals surface area contributed by atoms with E-state index in [9.17, 15) is 0 Å². The smallest absolute Gasteiger partial charge is 0.0573 e. The van der Waals surface area contributed by atoms with Crippen LogP contribution >= 0.6 is 0 Å². The summed E-state index contributed by atoms with van der Waals surface area (Å²) in [6, 6.07) is 13.1. The average Bonchev–Trinajstić information content (AvgIpc) is 2.49. The molecule has 0 saturated carbocycles. The van der Waals surface area contributed by atoms with Crippen molar-refractivity contribution in [3.8, 4) is 0 Å². The maximum atomic E-state index is 6.04. The zero-order valence-corrected chi connectivity index (χ0v) is 11.9. The van der Waals surface area contributed by atoms with Crippen molar-refractivity contribution in [2.45, 2.75) is 25.9 Å². The van der Waals surface area contributed by atoms with Gasteiger partial charge in [-0.15, -0.1) is 0 Å². The molecule has 3 nitrogen and oxygen atoms in total. The van der Waals surface area contributed by atoms with Gasteiger partial charge in [-0.3, -0.25) is 9.88 Å². The Hall–Kier alpha value is -1.71. The molecule has 2 N–H and O–H groups in total. The summed E-state index contributed by atoms with van der Waals surface area (Å²) in [6.45, 7) is 4.71. The van der Waals surface area contributed by atoms with E-state index in [2.05, 4.69) is 47.1 Å². The monoisotopic (exact) mass is 267 g/mol. The number of nitrogens with zero attached hydrogens (tertiary/aromatic N) is 2. The van der Waals surface area contributed by atoms with Gasteiger partial charge in [0.25, 0.3) is 0 Å². The lowest BCUT2D eigenvalue weighted by atomic mass is 9.92. The number of fused-ring (bicyclic) bond motifs is 1. The van der Waals surface area contributed by atoms with Crippen LogP contribution in [0.4, 0.5) is 0 Å². The van der Waals surface area contributed by atoms with Crippen molar-refractivity contribution in [3.05, 3.63) is 65.0 Å². The standard InChI is InChI=1S/C17H21N3/c1-13-5-4-9-19-16(13)12-20-10-8-14-6-2-3-7-15(14)17(20)11-18/h2-7,9,17H,8,10-12,18H2,1H3. The van der Waals surface area contributed by atoms with E-state index in [0.29, 0.717) is 12.6 Å². The molecule has 1 aromatic heterocycles. The maximum absolute atomic E-state index is 6.04. The molecule has 0 aliphatic carbocycles. The molecule has 0 spiro atoms. The highest BCUT2D eigenvalue weighted by molar-refractivity contribution is 5.33. The van der Waals surface area contributed by atoms with Gasteiger partial charge in [0.1, 0.15) is 0 Å². The number of hydrogen-bond donors (Lipinski definition) is 1. The first-order chi connectivity index (χ1) is 9.79. The molecular formula is C17H21N3. The predicted octanol–water partition coefficient (Wildman–Crippen LogP) is 2.45. The number of rotatable bonds is 3. The van der Waals surface area contributed by atoms with E-state index in [1.807, 2.05) is 12.3 Å². The summed E-state index contributed by atoms with van der Waals surface area (Å²) in [6.07, 6.45) is 2.97. The van der Waals surface area contributed by atoms with Crippen LogP contribution in [0.3, 0.4) is 0 Å². The van der Waals surface area contributed by atoms with Crippen LogP contribution in [0.15, 0.2) is 42.6 Å². The van der Waals surface area contributed by atoms with Crippen LogP contribution in [0.1, 0.15) is 28.4 Å². The Balaban J connectivity index is 1.87. The van der Waals surface area contributed by atoms with Crippen molar-refractivity contribution in [2.75, 3.05) is 13.1 Å². The Morgan fingerprint density at radius 2 is 2.10 bits per heavy atom. The molecule has 3 heteroatoms. The quantitative estimate of drug-likeness (QED) is 0.929. The molecule has 0 amide bonds. The molecule has 0 radical (unpaired) electrons. The molecule has 0 saturated heterocycles. The summed E-state index contributed by atoms with van der Waals surface area (Å²) in [5, 5.41) is 0. The summed E-state index contributed by atoms with van der Waals surface area (Å²) in [7, 11) is 0. The lowest BCUT2D eigenvalue weighted by Crippen LogP contribution is -2.39. The summed E-state index contributed by atoms with van der Waals surface area (Å²) in [5.41, 5.74) is 11.3. The third kappa shape index (κ3) is 2.47. The van der Waals surface area contributed by atoms with Gasteiger partial charge in [-0.25, -0.2) is 0 Å². The highest BCUT2D eigenvalue weighted by Crippen LogP contribution is 2.30. The number of pyridine rings is 1. The lowest BCUT2D eigenvalue weighted by Gasteiger charge is -2.36. The van der Waals surface area contributed by atoms with Crippen LogP contribution in [0, 0.1) is 6.92 Å². The average molecular weight is 267 g/mol. The fraction of sp³-hybridized carbons (Fsp3) is 0.353. The molecule has 3 rings (SSSR count). The van der Waals surface area contributed by atoms with Gasteiger partial charge in [0.05, 0.1) is 5.69 Å².